The van der Waals surface area contributed by atoms with E-state index < -0.39 is 6.10 Å². The molecule has 2 rings (SSSR count). The Balaban J connectivity index is 2.31. The minimum absolute atomic E-state index is 0.0656. The van der Waals surface area contributed by atoms with Gasteiger partial charge in [-0.3, -0.25) is 4.79 Å². The van der Waals surface area contributed by atoms with E-state index in [0.717, 1.165) is 18.6 Å². The highest BCUT2D eigenvalue weighted by atomic mass is 16.3. The first-order valence-corrected chi connectivity index (χ1v) is 8.28. The Bertz CT molecular complexity index is 538. The summed E-state index contributed by atoms with van der Waals surface area (Å²) < 4.78 is 5.98. The van der Waals surface area contributed by atoms with Crippen molar-refractivity contribution in [2.24, 2.45) is 5.92 Å². The molecular weight excluding hydrogens is 264 g/mol. The van der Waals surface area contributed by atoms with Crippen LogP contribution in [0.2, 0.25) is 0 Å². The van der Waals surface area contributed by atoms with Gasteiger partial charge in [0.2, 0.25) is 0 Å². The van der Waals surface area contributed by atoms with Crippen LogP contribution < -0.4 is 5.43 Å². The number of hydrogen-bond acceptors (Lipinski definition) is 3. The van der Waals surface area contributed by atoms with Gasteiger partial charge in [-0.1, -0.05) is 33.1 Å². The minimum atomic E-state index is -0.417. The highest BCUT2D eigenvalue weighted by molar-refractivity contribution is 5.28. The quantitative estimate of drug-likeness (QED) is 0.916. The van der Waals surface area contributed by atoms with Crippen LogP contribution in [0, 0.1) is 19.8 Å². The molecule has 0 aliphatic heterocycles. The number of rotatable bonds is 4. The van der Waals surface area contributed by atoms with Crippen molar-refractivity contribution in [1.82, 2.24) is 0 Å². The number of hydrogen-bond donors (Lipinski definition) is 1. The van der Waals surface area contributed by atoms with Crippen LogP contribution in [0.25, 0.3) is 0 Å². The third kappa shape index (κ3) is 3.23. The maximum Gasteiger partial charge on any atom is 0.191 e. The second-order valence-corrected chi connectivity index (χ2v) is 6.50. The summed E-state index contributed by atoms with van der Waals surface area (Å²) in [5, 5.41) is 10.7. The smallest absolute Gasteiger partial charge is 0.191 e. The fourth-order valence-corrected chi connectivity index (χ4v) is 3.62. The first kappa shape index (κ1) is 16.3. The lowest BCUT2D eigenvalue weighted by Gasteiger charge is -2.30. The molecule has 0 spiro atoms. The predicted octanol–water partition coefficient (Wildman–Crippen LogP) is 3.86. The molecule has 1 aliphatic carbocycles. The van der Waals surface area contributed by atoms with Gasteiger partial charge in [-0.15, -0.1) is 0 Å². The molecule has 0 saturated heterocycles. The summed E-state index contributed by atoms with van der Waals surface area (Å²) in [6.07, 6.45) is 6.13. The van der Waals surface area contributed by atoms with Crippen molar-refractivity contribution in [2.45, 2.75) is 78.2 Å². The van der Waals surface area contributed by atoms with E-state index in [1.807, 2.05) is 27.7 Å². The predicted molar refractivity (Wildman–Crippen MR) is 84.8 cm³/mol. The zero-order valence-electron chi connectivity index (χ0n) is 13.7. The van der Waals surface area contributed by atoms with Crippen molar-refractivity contribution in [3.8, 4) is 0 Å². The minimum Gasteiger partial charge on any atom is -0.465 e. The molecule has 21 heavy (non-hydrogen) atoms. The fraction of sp³-hybridized carbons (Fsp3) is 0.722. The molecule has 1 fully saturated rings. The molecule has 0 bridgehead atoms. The Hall–Kier alpha value is -1.09. The van der Waals surface area contributed by atoms with Crippen LogP contribution in [0.3, 0.4) is 0 Å². The van der Waals surface area contributed by atoms with Crippen molar-refractivity contribution in [1.29, 1.82) is 0 Å². The topological polar surface area (TPSA) is 50.4 Å². The van der Waals surface area contributed by atoms with Gasteiger partial charge in [0.15, 0.2) is 5.43 Å². The maximum atomic E-state index is 12.3. The van der Waals surface area contributed by atoms with Gasteiger partial charge in [0.1, 0.15) is 11.5 Å². The molecule has 3 nitrogen and oxygen atoms in total. The van der Waals surface area contributed by atoms with Gasteiger partial charge in [0, 0.05) is 23.5 Å². The highest BCUT2D eigenvalue weighted by Crippen LogP contribution is 2.34. The van der Waals surface area contributed by atoms with Crippen LogP contribution in [0.1, 0.15) is 74.5 Å². The van der Waals surface area contributed by atoms with Crippen LogP contribution in [0.15, 0.2) is 9.21 Å². The Morgan fingerprint density at radius 2 is 1.81 bits per heavy atom. The number of aliphatic hydroxyl groups excluding tert-OH is 1. The zero-order chi connectivity index (χ0) is 15.6. The van der Waals surface area contributed by atoms with Gasteiger partial charge >= 0.3 is 0 Å². The third-order valence-corrected chi connectivity index (χ3v) is 5.08. The van der Waals surface area contributed by atoms with Crippen molar-refractivity contribution in [3.63, 3.8) is 0 Å². The molecule has 3 heteroatoms. The van der Waals surface area contributed by atoms with Gasteiger partial charge in [-0.2, -0.15) is 0 Å². The van der Waals surface area contributed by atoms with E-state index in [4.69, 9.17) is 4.42 Å². The second kappa shape index (κ2) is 6.78. The Kier molecular flexibility index (Phi) is 5.26. The molecule has 1 aliphatic rings. The van der Waals surface area contributed by atoms with E-state index in [9.17, 15) is 9.90 Å². The van der Waals surface area contributed by atoms with E-state index in [0.29, 0.717) is 29.2 Å². The van der Waals surface area contributed by atoms with E-state index in [1.54, 1.807) is 0 Å². The first-order valence-electron chi connectivity index (χ1n) is 8.28. The highest BCUT2D eigenvalue weighted by Gasteiger charge is 2.30. The molecule has 2 atom stereocenters. The number of aryl methyl sites for hydroxylation is 1. The molecular formula is C18H28O3. The summed E-state index contributed by atoms with van der Waals surface area (Å²) in [5.74, 6) is 1.65. The van der Waals surface area contributed by atoms with E-state index in [1.165, 1.54) is 19.3 Å². The fourth-order valence-electron chi connectivity index (χ4n) is 3.62. The summed E-state index contributed by atoms with van der Waals surface area (Å²) in [6, 6.07) is 0. The summed E-state index contributed by atoms with van der Waals surface area (Å²) >= 11 is 0. The van der Waals surface area contributed by atoms with Crippen molar-refractivity contribution >= 4 is 0 Å². The van der Waals surface area contributed by atoms with Crippen LogP contribution in [0.4, 0.5) is 0 Å². The standard InChI is InChI=1S/C18H28O3/c1-5-15-11(2)16(19)12(3)18(21-15)13(4)17(20)14-9-7-6-8-10-14/h13-14,17,20H,5-10H2,1-4H3/t13-,17+/m0/s1. The number of aliphatic hydroxyl groups is 1. The molecule has 1 heterocycles. The molecule has 0 aromatic carbocycles. The van der Waals surface area contributed by atoms with E-state index >= 15 is 0 Å². The van der Waals surface area contributed by atoms with Gasteiger partial charge < -0.3 is 9.52 Å². The monoisotopic (exact) mass is 292 g/mol. The molecule has 0 amide bonds. The summed E-state index contributed by atoms with van der Waals surface area (Å²) in [6.45, 7) is 7.62. The maximum absolute atomic E-state index is 12.3. The zero-order valence-corrected chi connectivity index (χ0v) is 13.7. The lowest BCUT2D eigenvalue weighted by Crippen LogP contribution is -2.29. The second-order valence-electron chi connectivity index (χ2n) is 6.50. The van der Waals surface area contributed by atoms with E-state index in [2.05, 4.69) is 0 Å². The van der Waals surface area contributed by atoms with Crippen LogP contribution in [-0.4, -0.2) is 11.2 Å². The first-order chi connectivity index (χ1) is 9.97. The van der Waals surface area contributed by atoms with Crippen molar-refractivity contribution < 1.29 is 9.52 Å². The Morgan fingerprint density at radius 1 is 1.19 bits per heavy atom. The summed E-state index contributed by atoms with van der Waals surface area (Å²) in [5.41, 5.74) is 1.43. The van der Waals surface area contributed by atoms with E-state index in [-0.39, 0.29) is 11.3 Å². The normalized spacial score (nSPS) is 19.5. The largest absolute Gasteiger partial charge is 0.465 e. The summed E-state index contributed by atoms with van der Waals surface area (Å²) in [4.78, 5) is 12.3. The molecule has 1 aromatic rings. The molecule has 118 valence electrons. The van der Waals surface area contributed by atoms with Crippen molar-refractivity contribution in [3.05, 3.63) is 32.9 Å². The Morgan fingerprint density at radius 3 is 2.38 bits per heavy atom. The lowest BCUT2D eigenvalue weighted by molar-refractivity contribution is 0.0579. The SMILES string of the molecule is CCc1oc([C@@H](C)[C@@H](O)C2CCCCC2)c(C)c(=O)c1C. The van der Waals surface area contributed by atoms with Crippen LogP contribution >= 0.6 is 0 Å². The van der Waals surface area contributed by atoms with Crippen molar-refractivity contribution in [2.75, 3.05) is 0 Å². The van der Waals surface area contributed by atoms with Gasteiger partial charge in [-0.25, -0.2) is 0 Å². The molecule has 1 saturated carbocycles. The average molecular weight is 292 g/mol. The third-order valence-electron chi connectivity index (χ3n) is 5.08. The van der Waals surface area contributed by atoms with Gasteiger partial charge in [0.05, 0.1) is 6.10 Å². The summed E-state index contributed by atoms with van der Waals surface area (Å²) in [7, 11) is 0. The Labute approximate surface area is 127 Å². The van der Waals surface area contributed by atoms with Gasteiger partial charge in [-0.05, 0) is 32.6 Å². The molecule has 1 aromatic heterocycles. The lowest BCUT2D eigenvalue weighted by atomic mass is 9.79. The molecule has 0 radical (unpaired) electrons. The van der Waals surface area contributed by atoms with Crippen LogP contribution in [-0.2, 0) is 6.42 Å². The average Bonchev–Trinajstić information content (AvgIpc) is 2.52. The molecule has 0 unspecified atom stereocenters. The van der Waals surface area contributed by atoms with Gasteiger partial charge in [0.25, 0.3) is 0 Å². The molecule has 1 N–H and O–H groups in total. The van der Waals surface area contributed by atoms with Crippen LogP contribution in [0.5, 0.6) is 0 Å².